The molecule has 4 saturated carbocycles. The van der Waals surface area contributed by atoms with Crippen molar-refractivity contribution in [2.75, 3.05) is 13.1 Å². The van der Waals surface area contributed by atoms with E-state index in [1.807, 2.05) is 0 Å². The van der Waals surface area contributed by atoms with E-state index in [1.165, 1.54) is 77.0 Å². The third-order valence-corrected chi connectivity index (χ3v) is 9.79. The molecule has 6 fully saturated rings. The van der Waals surface area contributed by atoms with E-state index in [4.69, 9.17) is 10.6 Å². The molecule has 31 heavy (non-hydrogen) atoms. The molecule has 2 saturated heterocycles. The molecule has 4 aliphatic carbocycles. The Morgan fingerprint density at radius 3 is 1.29 bits per heavy atom. The standard InChI is InChI=1S/2C13H21NO.Be/c2*15-11-5-1-3-9-6-7-10-4-2-8-14-13(10)12(9)11;/h2*9-13H,1-8H2;/q2*-2;+2. The van der Waals surface area contributed by atoms with Crippen LogP contribution in [0.4, 0.5) is 0 Å². The predicted octanol–water partition coefficient (Wildman–Crippen LogP) is 3.77. The quantitative estimate of drug-likeness (QED) is 0.556. The van der Waals surface area contributed by atoms with Gasteiger partial charge in [0.2, 0.25) is 0 Å². The minimum absolute atomic E-state index is 0. The zero-order chi connectivity index (χ0) is 20.5. The van der Waals surface area contributed by atoms with Crippen LogP contribution in [0.15, 0.2) is 0 Å². The van der Waals surface area contributed by atoms with Crippen molar-refractivity contribution in [1.29, 1.82) is 0 Å². The monoisotopic (exact) mass is 423 g/mol. The van der Waals surface area contributed by atoms with Crippen LogP contribution in [-0.2, 0) is 0 Å². The second kappa shape index (κ2) is 11.0. The van der Waals surface area contributed by atoms with Gasteiger partial charge in [0.1, 0.15) is 0 Å². The van der Waals surface area contributed by atoms with Gasteiger partial charge in [-0.1, -0.05) is 114 Å². The Morgan fingerprint density at radius 2 is 0.839 bits per heavy atom. The molecule has 2 heterocycles. The number of nitrogens with zero attached hydrogens (tertiary/aromatic N) is 2. The zero-order valence-corrected chi connectivity index (χ0v) is 19.5. The SMILES string of the molecule is [Be+2].[O-]C1CCCC2CCC3CCC[N-]C3C12.[O-]C1CCCC2CCC3CCC[N-]C3C12. The number of hydrogen-bond acceptors (Lipinski definition) is 2. The van der Waals surface area contributed by atoms with E-state index in [1.54, 1.807) is 0 Å². The topological polar surface area (TPSA) is 74.3 Å². The van der Waals surface area contributed by atoms with E-state index in [0.717, 1.165) is 49.6 Å². The molecule has 10 unspecified atom stereocenters. The summed E-state index contributed by atoms with van der Waals surface area (Å²) in [5, 5.41) is 33.8. The van der Waals surface area contributed by atoms with E-state index in [-0.39, 0.29) is 22.3 Å². The van der Waals surface area contributed by atoms with Crippen molar-refractivity contribution >= 4 is 10.1 Å². The minimum atomic E-state index is -0.293. The van der Waals surface area contributed by atoms with Crippen molar-refractivity contribution in [2.45, 2.75) is 114 Å². The Bertz CT molecular complexity index is 516. The van der Waals surface area contributed by atoms with Crippen LogP contribution in [0.3, 0.4) is 0 Å². The van der Waals surface area contributed by atoms with Gasteiger partial charge < -0.3 is 20.8 Å². The van der Waals surface area contributed by atoms with E-state index >= 15 is 0 Å². The van der Waals surface area contributed by atoms with Crippen molar-refractivity contribution in [3.63, 3.8) is 0 Å². The predicted molar refractivity (Wildman–Crippen MR) is 123 cm³/mol. The van der Waals surface area contributed by atoms with Crippen molar-refractivity contribution in [2.24, 2.45) is 35.5 Å². The molecule has 6 rings (SSSR count). The van der Waals surface area contributed by atoms with Gasteiger partial charge in [-0.2, -0.15) is 0 Å². The summed E-state index contributed by atoms with van der Waals surface area (Å²) in [5.41, 5.74) is 0. The zero-order valence-electron chi connectivity index (χ0n) is 19.5. The number of piperidine rings is 2. The average Bonchev–Trinajstić information content (AvgIpc) is 2.79. The van der Waals surface area contributed by atoms with Gasteiger partial charge in [-0.05, 0) is 11.8 Å². The normalized spacial score (nSPS) is 49.0. The van der Waals surface area contributed by atoms with Crippen LogP contribution in [0.5, 0.6) is 0 Å². The number of rotatable bonds is 0. The first kappa shape index (κ1) is 24.1. The largest absolute Gasteiger partial charge is 2.00 e. The molecule has 0 aromatic rings. The molecule has 6 aliphatic rings. The first-order chi connectivity index (χ1) is 14.7. The summed E-state index contributed by atoms with van der Waals surface area (Å²) in [6, 6.07) is 0.917. The fourth-order valence-corrected chi connectivity index (χ4v) is 8.40. The molecule has 10 atom stereocenters. The fraction of sp³-hybridized carbons (Fsp3) is 1.00. The molecule has 0 radical (unpaired) electrons. The van der Waals surface area contributed by atoms with Crippen LogP contribution in [0.25, 0.3) is 10.6 Å². The molecule has 0 amide bonds. The molecule has 172 valence electrons. The summed E-state index contributed by atoms with van der Waals surface area (Å²) in [5.74, 6) is 3.83. The molecule has 2 aliphatic heterocycles. The summed E-state index contributed by atoms with van der Waals surface area (Å²) >= 11 is 0. The average molecular weight is 424 g/mol. The van der Waals surface area contributed by atoms with Crippen LogP contribution >= 0.6 is 0 Å². The second-order valence-electron chi connectivity index (χ2n) is 11.4. The van der Waals surface area contributed by atoms with Gasteiger partial charge in [0.05, 0.1) is 0 Å². The maximum Gasteiger partial charge on any atom is 2.00 e. The first-order valence-corrected chi connectivity index (χ1v) is 13.4. The van der Waals surface area contributed by atoms with Gasteiger partial charge in [-0.15, -0.1) is 37.4 Å². The molecular formula is C26H42BeN2O2-2. The number of fused-ring (bicyclic) bond motifs is 6. The second-order valence-corrected chi connectivity index (χ2v) is 11.4. The van der Waals surface area contributed by atoms with Crippen LogP contribution in [0.1, 0.15) is 89.9 Å². The van der Waals surface area contributed by atoms with E-state index in [2.05, 4.69) is 0 Å². The molecule has 0 bridgehead atoms. The van der Waals surface area contributed by atoms with Crippen molar-refractivity contribution in [1.82, 2.24) is 0 Å². The third-order valence-electron chi connectivity index (χ3n) is 9.79. The molecule has 4 nitrogen and oxygen atoms in total. The Hall–Kier alpha value is 0.00883. The van der Waals surface area contributed by atoms with Crippen LogP contribution < -0.4 is 10.2 Å². The van der Waals surface area contributed by atoms with Crippen molar-refractivity contribution in [3.05, 3.63) is 10.6 Å². The van der Waals surface area contributed by atoms with E-state index in [0.29, 0.717) is 23.9 Å². The van der Waals surface area contributed by atoms with Gasteiger partial charge in [0.25, 0.3) is 0 Å². The van der Waals surface area contributed by atoms with Crippen LogP contribution in [0.2, 0.25) is 0 Å². The first-order valence-electron chi connectivity index (χ1n) is 13.4. The van der Waals surface area contributed by atoms with Crippen LogP contribution in [0, 0.1) is 35.5 Å². The Kier molecular flexibility index (Phi) is 8.53. The summed E-state index contributed by atoms with van der Waals surface area (Å²) in [4.78, 5) is 0. The molecule has 0 aromatic heterocycles. The van der Waals surface area contributed by atoms with Gasteiger partial charge in [-0.3, -0.25) is 0 Å². The molecule has 0 N–H and O–H groups in total. The Balaban J connectivity index is 0.000000144. The molecule has 0 spiro atoms. The Labute approximate surface area is 193 Å². The van der Waals surface area contributed by atoms with Gasteiger partial charge in [0.15, 0.2) is 0 Å². The molecular weight excluding hydrogens is 381 g/mol. The summed E-state index contributed by atoms with van der Waals surface area (Å²) in [6.45, 7) is 2.05. The smallest absolute Gasteiger partial charge is 0.852 e. The Morgan fingerprint density at radius 1 is 0.452 bits per heavy atom. The minimum Gasteiger partial charge on any atom is -0.852 e. The van der Waals surface area contributed by atoms with E-state index in [9.17, 15) is 10.2 Å². The van der Waals surface area contributed by atoms with Gasteiger partial charge in [0, 0.05) is 0 Å². The summed E-state index contributed by atoms with van der Waals surface area (Å²) in [7, 11) is 0. The molecule has 0 aromatic carbocycles. The maximum absolute atomic E-state index is 12.1. The van der Waals surface area contributed by atoms with Crippen molar-refractivity contribution in [3.8, 4) is 0 Å². The summed E-state index contributed by atoms with van der Waals surface area (Å²) < 4.78 is 0. The van der Waals surface area contributed by atoms with Crippen LogP contribution in [-0.4, -0.2) is 47.5 Å². The maximum atomic E-state index is 12.1. The fourth-order valence-electron chi connectivity index (χ4n) is 8.40. The molecule has 5 heteroatoms. The van der Waals surface area contributed by atoms with Crippen molar-refractivity contribution < 1.29 is 10.2 Å². The summed E-state index contributed by atoms with van der Waals surface area (Å²) in [6.07, 6.45) is 16.8. The van der Waals surface area contributed by atoms with Gasteiger partial charge in [-0.25, -0.2) is 0 Å². The van der Waals surface area contributed by atoms with Gasteiger partial charge >= 0.3 is 10.1 Å². The number of hydrogen-bond donors (Lipinski definition) is 0. The third kappa shape index (κ3) is 5.09. The van der Waals surface area contributed by atoms with E-state index < -0.39 is 0 Å².